The molecule has 2 aromatic heterocycles. The second kappa shape index (κ2) is 8.16. The molecule has 8 heteroatoms. The van der Waals surface area contributed by atoms with E-state index in [0.717, 1.165) is 60.6 Å². The van der Waals surface area contributed by atoms with Crippen LogP contribution in [0.3, 0.4) is 0 Å². The van der Waals surface area contributed by atoms with Gasteiger partial charge in [0, 0.05) is 0 Å². The van der Waals surface area contributed by atoms with Crippen molar-refractivity contribution in [2.45, 2.75) is 53.1 Å². The molecule has 8 nitrogen and oxygen atoms in total. The topological polar surface area (TPSA) is 85.3 Å². The van der Waals surface area contributed by atoms with Crippen LogP contribution in [-0.2, 0) is 5.54 Å². The number of rotatable bonds is 4. The number of nitrogens with one attached hydrogen (secondary N) is 3. The van der Waals surface area contributed by atoms with Gasteiger partial charge in [0.15, 0.2) is 6.04 Å². The number of piperazine rings is 1. The number of H-pyrrole nitrogens is 1. The van der Waals surface area contributed by atoms with Gasteiger partial charge in [0.05, 0.1) is 23.2 Å². The highest BCUT2D eigenvalue weighted by Crippen LogP contribution is 2.24. The number of fused-ring (bicyclic) bond motifs is 1. The first kappa shape index (κ1) is 21.6. The molecule has 0 saturated carbocycles. The van der Waals surface area contributed by atoms with Crippen molar-refractivity contribution in [3.63, 3.8) is 0 Å². The van der Waals surface area contributed by atoms with E-state index in [1.54, 1.807) is 4.90 Å². The van der Waals surface area contributed by atoms with Crippen molar-refractivity contribution in [3.05, 3.63) is 51.1 Å². The van der Waals surface area contributed by atoms with Gasteiger partial charge in [-0.25, -0.2) is 4.68 Å². The van der Waals surface area contributed by atoms with Crippen molar-refractivity contribution in [1.82, 2.24) is 25.2 Å². The Hall–Kier alpha value is -2.58. The second-order valence-corrected chi connectivity index (χ2v) is 9.84. The minimum absolute atomic E-state index is 0.0487. The highest BCUT2D eigenvalue weighted by molar-refractivity contribution is 5.83. The summed E-state index contributed by atoms with van der Waals surface area (Å²) in [6.45, 7) is 17.9. The molecule has 1 aliphatic heterocycles. The van der Waals surface area contributed by atoms with Crippen molar-refractivity contribution >= 4 is 10.9 Å². The van der Waals surface area contributed by atoms with Crippen LogP contribution in [0.4, 0.5) is 0 Å². The van der Waals surface area contributed by atoms with Gasteiger partial charge in [-0.2, -0.15) is 0 Å². The molecule has 1 aromatic carbocycles. The lowest BCUT2D eigenvalue weighted by Crippen LogP contribution is -3.28. The van der Waals surface area contributed by atoms with Crippen LogP contribution >= 0.6 is 0 Å². The van der Waals surface area contributed by atoms with Gasteiger partial charge >= 0.3 is 0 Å². The van der Waals surface area contributed by atoms with E-state index in [4.69, 9.17) is 0 Å². The fraction of sp³-hybridized carbons (Fsp3) is 0.565. The molecule has 31 heavy (non-hydrogen) atoms. The third-order valence-corrected chi connectivity index (χ3v) is 6.79. The molecule has 3 aromatic rings. The summed E-state index contributed by atoms with van der Waals surface area (Å²) in [5, 5.41) is 13.8. The van der Waals surface area contributed by atoms with Gasteiger partial charge in [-0.3, -0.25) is 4.79 Å². The molecule has 0 aliphatic carbocycles. The van der Waals surface area contributed by atoms with Crippen LogP contribution in [-0.4, -0.2) is 57.9 Å². The van der Waals surface area contributed by atoms with Crippen molar-refractivity contribution in [1.29, 1.82) is 0 Å². The SMILES string of the molecule is CC[NH+]1CC[NH+]([C@@H](c2cc3ccc(C)c(C)c3[nH]c2=O)c2nnnn2C(C)(C)C)CC1. The van der Waals surface area contributed by atoms with Gasteiger partial charge in [-0.15, -0.1) is 5.10 Å². The van der Waals surface area contributed by atoms with Crippen LogP contribution in [0.1, 0.15) is 56.3 Å². The molecule has 1 atom stereocenters. The standard InChI is InChI=1S/C23H33N7O/c1-7-28-10-12-29(13-11-28)20(21-25-26-27-30(21)23(4,5)6)18-14-17-9-8-15(2)16(3)19(17)24-22(18)31/h8-9,14,20H,7,10-13H2,1-6H3,(H,24,31)/p+2/t20-/m0/s1. The maximum Gasteiger partial charge on any atom is 0.258 e. The molecule has 0 bridgehead atoms. The monoisotopic (exact) mass is 425 g/mol. The van der Waals surface area contributed by atoms with E-state index in [1.807, 2.05) is 4.68 Å². The predicted molar refractivity (Wildman–Crippen MR) is 121 cm³/mol. The summed E-state index contributed by atoms with van der Waals surface area (Å²) in [5.74, 6) is 0.760. The Morgan fingerprint density at radius 2 is 1.87 bits per heavy atom. The Balaban J connectivity index is 1.88. The Morgan fingerprint density at radius 1 is 1.16 bits per heavy atom. The van der Waals surface area contributed by atoms with Crippen LogP contribution < -0.4 is 15.4 Å². The first-order valence-electron chi connectivity index (χ1n) is 11.3. The van der Waals surface area contributed by atoms with Crippen molar-refractivity contribution < 1.29 is 9.80 Å². The zero-order valence-electron chi connectivity index (χ0n) is 19.5. The highest BCUT2D eigenvalue weighted by atomic mass is 16.1. The molecule has 0 amide bonds. The fourth-order valence-corrected chi connectivity index (χ4v) is 4.72. The maximum absolute atomic E-state index is 13.4. The largest absolute Gasteiger partial charge is 0.326 e. The molecule has 0 unspecified atom stereocenters. The van der Waals surface area contributed by atoms with E-state index < -0.39 is 0 Å². The van der Waals surface area contributed by atoms with Gasteiger partial charge in [0.2, 0.25) is 5.82 Å². The predicted octanol–water partition coefficient (Wildman–Crippen LogP) is -0.221. The maximum atomic E-state index is 13.4. The summed E-state index contributed by atoms with van der Waals surface area (Å²) >= 11 is 0. The summed E-state index contributed by atoms with van der Waals surface area (Å²) in [4.78, 5) is 19.5. The van der Waals surface area contributed by atoms with E-state index in [9.17, 15) is 4.79 Å². The molecule has 3 heterocycles. The molecular weight excluding hydrogens is 390 g/mol. The lowest BCUT2D eigenvalue weighted by molar-refractivity contribution is -1.02. The molecule has 3 N–H and O–H groups in total. The number of hydrogen-bond donors (Lipinski definition) is 3. The first-order valence-corrected chi connectivity index (χ1v) is 11.3. The number of nitrogens with zero attached hydrogens (tertiary/aromatic N) is 4. The molecular formula is C23H35N7O+2. The average Bonchev–Trinajstić information content (AvgIpc) is 3.23. The first-order chi connectivity index (χ1) is 14.7. The highest BCUT2D eigenvalue weighted by Gasteiger charge is 2.38. The molecule has 4 rings (SSSR count). The zero-order valence-corrected chi connectivity index (χ0v) is 19.5. The van der Waals surface area contributed by atoms with Gasteiger partial charge < -0.3 is 14.8 Å². The summed E-state index contributed by atoms with van der Waals surface area (Å²) in [7, 11) is 0. The lowest BCUT2D eigenvalue weighted by atomic mass is 9.99. The van der Waals surface area contributed by atoms with Gasteiger partial charge in [0.1, 0.15) is 26.2 Å². The third kappa shape index (κ3) is 4.02. The number of aryl methyl sites for hydroxylation is 2. The molecule has 1 fully saturated rings. The number of aromatic amines is 1. The average molecular weight is 426 g/mol. The lowest BCUT2D eigenvalue weighted by Gasteiger charge is -2.34. The number of tetrazole rings is 1. The van der Waals surface area contributed by atoms with Crippen LogP contribution in [0.5, 0.6) is 0 Å². The summed E-state index contributed by atoms with van der Waals surface area (Å²) in [5.41, 5.74) is 3.62. The van der Waals surface area contributed by atoms with E-state index in [2.05, 4.69) is 80.3 Å². The van der Waals surface area contributed by atoms with Gasteiger partial charge in [-0.1, -0.05) is 12.1 Å². The Kier molecular flexibility index (Phi) is 5.70. The van der Waals surface area contributed by atoms with E-state index >= 15 is 0 Å². The van der Waals surface area contributed by atoms with Crippen LogP contribution in [0.15, 0.2) is 23.0 Å². The van der Waals surface area contributed by atoms with E-state index in [1.165, 1.54) is 10.5 Å². The molecule has 1 aliphatic rings. The molecule has 0 radical (unpaired) electrons. The number of benzene rings is 1. The fourth-order valence-electron chi connectivity index (χ4n) is 4.72. The normalized spacial score (nSPS) is 20.8. The Labute approximate surface area is 183 Å². The number of pyridine rings is 1. The van der Waals surface area contributed by atoms with E-state index in [0.29, 0.717) is 0 Å². The van der Waals surface area contributed by atoms with Gasteiger partial charge in [-0.05, 0) is 74.5 Å². The quantitative estimate of drug-likeness (QED) is 0.540. The second-order valence-electron chi connectivity index (χ2n) is 9.84. The smallest absolute Gasteiger partial charge is 0.258 e. The number of quaternary nitrogens is 2. The summed E-state index contributed by atoms with van der Waals surface area (Å²) < 4.78 is 1.88. The number of aromatic nitrogens is 5. The van der Waals surface area contributed by atoms with Gasteiger partial charge in [0.25, 0.3) is 5.56 Å². The Morgan fingerprint density at radius 3 is 2.52 bits per heavy atom. The number of likely N-dealkylation sites (N-methyl/N-ethyl adjacent to an activating group) is 1. The van der Waals surface area contributed by atoms with E-state index in [-0.39, 0.29) is 17.1 Å². The third-order valence-electron chi connectivity index (χ3n) is 6.79. The van der Waals surface area contributed by atoms with Crippen LogP contribution in [0.2, 0.25) is 0 Å². The Bertz CT molecular complexity index is 1130. The van der Waals surface area contributed by atoms with Crippen LogP contribution in [0.25, 0.3) is 10.9 Å². The number of hydrogen-bond acceptors (Lipinski definition) is 4. The van der Waals surface area contributed by atoms with Crippen molar-refractivity contribution in [2.24, 2.45) is 0 Å². The molecule has 1 saturated heterocycles. The molecule has 0 spiro atoms. The minimum Gasteiger partial charge on any atom is -0.326 e. The van der Waals surface area contributed by atoms with Crippen molar-refractivity contribution in [3.8, 4) is 0 Å². The summed E-state index contributed by atoms with van der Waals surface area (Å²) in [6.07, 6.45) is 0. The van der Waals surface area contributed by atoms with Crippen LogP contribution in [0, 0.1) is 13.8 Å². The van der Waals surface area contributed by atoms with Crippen molar-refractivity contribution in [2.75, 3.05) is 32.7 Å². The molecule has 166 valence electrons. The summed E-state index contributed by atoms with van der Waals surface area (Å²) in [6, 6.07) is 6.06. The zero-order chi connectivity index (χ0) is 22.3. The minimum atomic E-state index is -0.273.